The molecule has 1 unspecified atom stereocenters. The van der Waals surface area contributed by atoms with E-state index in [4.69, 9.17) is 5.11 Å². The van der Waals surface area contributed by atoms with E-state index in [9.17, 15) is 9.59 Å². The summed E-state index contributed by atoms with van der Waals surface area (Å²) in [5.41, 5.74) is 0. The van der Waals surface area contributed by atoms with Crippen LogP contribution in [0.1, 0.15) is 19.8 Å². The van der Waals surface area contributed by atoms with E-state index in [1.165, 1.54) is 0 Å². The fourth-order valence-corrected chi connectivity index (χ4v) is 1.90. The first-order valence-corrected chi connectivity index (χ1v) is 6.02. The molecule has 6 heteroatoms. The summed E-state index contributed by atoms with van der Waals surface area (Å²) in [5.74, 6) is -0.988. The first-order chi connectivity index (χ1) is 8.08. The molecule has 1 fully saturated rings. The predicted octanol–water partition coefficient (Wildman–Crippen LogP) is -0.739. The second kappa shape index (κ2) is 7.24. The van der Waals surface area contributed by atoms with Crippen LogP contribution < -0.4 is 10.6 Å². The monoisotopic (exact) mass is 243 g/mol. The largest absolute Gasteiger partial charge is 0.481 e. The minimum Gasteiger partial charge on any atom is -0.481 e. The van der Waals surface area contributed by atoms with Crippen LogP contribution in [0.3, 0.4) is 0 Å². The Labute approximate surface area is 101 Å². The summed E-state index contributed by atoms with van der Waals surface area (Å²) in [6.45, 7) is 5.72. The number of carboxylic acids is 1. The van der Waals surface area contributed by atoms with Crippen LogP contribution in [0, 0.1) is 0 Å². The van der Waals surface area contributed by atoms with Gasteiger partial charge in [0, 0.05) is 19.1 Å². The van der Waals surface area contributed by atoms with E-state index < -0.39 is 5.97 Å². The third kappa shape index (κ3) is 6.23. The molecule has 98 valence electrons. The number of aliphatic carboxylic acids is 1. The van der Waals surface area contributed by atoms with Gasteiger partial charge in [0.2, 0.25) is 5.91 Å². The number of carbonyl (C=O) groups is 2. The third-order valence-corrected chi connectivity index (χ3v) is 2.69. The van der Waals surface area contributed by atoms with Gasteiger partial charge in [-0.3, -0.25) is 14.5 Å². The third-order valence-electron chi connectivity index (χ3n) is 2.69. The van der Waals surface area contributed by atoms with Crippen molar-refractivity contribution in [2.75, 3.05) is 32.7 Å². The molecule has 17 heavy (non-hydrogen) atoms. The number of hydrogen-bond donors (Lipinski definition) is 3. The molecular weight excluding hydrogens is 222 g/mol. The van der Waals surface area contributed by atoms with Crippen LogP contribution in [-0.4, -0.2) is 60.6 Å². The minimum absolute atomic E-state index is 0.0344. The van der Waals surface area contributed by atoms with Crippen molar-refractivity contribution in [3.8, 4) is 0 Å². The van der Waals surface area contributed by atoms with Gasteiger partial charge >= 0.3 is 5.97 Å². The van der Waals surface area contributed by atoms with Gasteiger partial charge in [-0.25, -0.2) is 0 Å². The number of rotatable bonds is 5. The van der Waals surface area contributed by atoms with Crippen LogP contribution in [-0.2, 0) is 9.59 Å². The number of carboxylic acid groups (broad SMARTS) is 1. The lowest BCUT2D eigenvalue weighted by Crippen LogP contribution is -2.42. The number of amides is 1. The van der Waals surface area contributed by atoms with Gasteiger partial charge in [-0.1, -0.05) is 0 Å². The Morgan fingerprint density at radius 2 is 2.18 bits per heavy atom. The summed E-state index contributed by atoms with van der Waals surface area (Å²) in [4.78, 5) is 24.2. The lowest BCUT2D eigenvalue weighted by Gasteiger charge is -2.20. The summed E-state index contributed by atoms with van der Waals surface area (Å²) in [6.07, 6.45) is 1.01. The van der Waals surface area contributed by atoms with E-state index in [1.807, 2.05) is 0 Å². The normalized spacial score (nSPS) is 19.4. The molecule has 0 aromatic rings. The van der Waals surface area contributed by atoms with E-state index in [1.54, 1.807) is 6.92 Å². The van der Waals surface area contributed by atoms with Gasteiger partial charge < -0.3 is 15.7 Å². The SMILES string of the molecule is CC(CC(=O)O)NC(=O)CN1CCCNCC1. The van der Waals surface area contributed by atoms with E-state index in [0.29, 0.717) is 6.54 Å². The van der Waals surface area contributed by atoms with Crippen molar-refractivity contribution in [2.24, 2.45) is 0 Å². The lowest BCUT2D eigenvalue weighted by molar-refractivity contribution is -0.137. The molecule has 3 N–H and O–H groups in total. The molecule has 0 aliphatic carbocycles. The lowest BCUT2D eigenvalue weighted by atomic mass is 10.2. The molecule has 1 aliphatic heterocycles. The molecule has 1 aliphatic rings. The van der Waals surface area contributed by atoms with Gasteiger partial charge in [-0.2, -0.15) is 0 Å². The van der Waals surface area contributed by atoms with Gasteiger partial charge in [-0.15, -0.1) is 0 Å². The molecular formula is C11H21N3O3. The molecule has 1 atom stereocenters. The number of nitrogens with zero attached hydrogens (tertiary/aromatic N) is 1. The zero-order valence-corrected chi connectivity index (χ0v) is 10.2. The van der Waals surface area contributed by atoms with Crippen molar-refractivity contribution in [2.45, 2.75) is 25.8 Å². The maximum absolute atomic E-state index is 11.6. The smallest absolute Gasteiger partial charge is 0.305 e. The minimum atomic E-state index is -0.892. The Hall–Kier alpha value is -1.14. The zero-order valence-electron chi connectivity index (χ0n) is 10.2. The fraction of sp³-hybridized carbons (Fsp3) is 0.818. The number of nitrogens with one attached hydrogen (secondary N) is 2. The van der Waals surface area contributed by atoms with E-state index >= 15 is 0 Å². The van der Waals surface area contributed by atoms with Crippen LogP contribution in [0.25, 0.3) is 0 Å². The summed E-state index contributed by atoms with van der Waals surface area (Å²) in [7, 11) is 0. The molecule has 0 saturated carbocycles. The Balaban J connectivity index is 2.25. The van der Waals surface area contributed by atoms with Crippen molar-refractivity contribution < 1.29 is 14.7 Å². The first-order valence-electron chi connectivity index (χ1n) is 6.02. The highest BCUT2D eigenvalue weighted by Crippen LogP contribution is 1.96. The molecule has 0 radical (unpaired) electrons. The van der Waals surface area contributed by atoms with E-state index in [0.717, 1.165) is 32.6 Å². The highest BCUT2D eigenvalue weighted by Gasteiger charge is 2.15. The van der Waals surface area contributed by atoms with Crippen molar-refractivity contribution >= 4 is 11.9 Å². The van der Waals surface area contributed by atoms with Crippen LogP contribution in [0.4, 0.5) is 0 Å². The average Bonchev–Trinajstić information content (AvgIpc) is 2.44. The van der Waals surface area contributed by atoms with E-state index in [-0.39, 0.29) is 18.4 Å². The molecule has 1 rings (SSSR count). The summed E-state index contributed by atoms with van der Waals surface area (Å²) in [6, 6.07) is -0.315. The van der Waals surface area contributed by atoms with Gasteiger partial charge in [0.05, 0.1) is 13.0 Å². The topological polar surface area (TPSA) is 81.7 Å². The van der Waals surface area contributed by atoms with Crippen molar-refractivity contribution in [3.05, 3.63) is 0 Å². The van der Waals surface area contributed by atoms with Crippen LogP contribution in [0.2, 0.25) is 0 Å². The summed E-state index contributed by atoms with van der Waals surface area (Å²) in [5, 5.41) is 14.5. The van der Waals surface area contributed by atoms with Crippen LogP contribution in [0.5, 0.6) is 0 Å². The van der Waals surface area contributed by atoms with Crippen molar-refractivity contribution in [1.82, 2.24) is 15.5 Å². The fourth-order valence-electron chi connectivity index (χ4n) is 1.90. The molecule has 0 bridgehead atoms. The predicted molar refractivity (Wildman–Crippen MR) is 63.8 cm³/mol. The molecule has 0 aromatic carbocycles. The summed E-state index contributed by atoms with van der Waals surface area (Å²) < 4.78 is 0. The molecule has 1 heterocycles. The first kappa shape index (κ1) is 13.9. The Bertz CT molecular complexity index is 263. The second-order valence-corrected chi connectivity index (χ2v) is 4.45. The second-order valence-electron chi connectivity index (χ2n) is 4.45. The quantitative estimate of drug-likeness (QED) is 0.592. The standard InChI is InChI=1S/C11H21N3O3/c1-9(7-11(16)17)13-10(15)8-14-5-2-3-12-4-6-14/h9,12H,2-8H2,1H3,(H,13,15)(H,16,17). The van der Waals surface area contributed by atoms with Crippen LogP contribution >= 0.6 is 0 Å². The Kier molecular flexibility index (Phi) is 5.93. The van der Waals surface area contributed by atoms with Gasteiger partial charge in [0.1, 0.15) is 0 Å². The van der Waals surface area contributed by atoms with Gasteiger partial charge in [0.15, 0.2) is 0 Å². The molecule has 1 amide bonds. The Morgan fingerprint density at radius 3 is 2.88 bits per heavy atom. The maximum Gasteiger partial charge on any atom is 0.305 e. The zero-order chi connectivity index (χ0) is 12.7. The number of carbonyl (C=O) groups excluding carboxylic acids is 1. The highest BCUT2D eigenvalue weighted by molar-refractivity contribution is 5.79. The summed E-state index contributed by atoms with van der Waals surface area (Å²) >= 11 is 0. The Morgan fingerprint density at radius 1 is 1.41 bits per heavy atom. The van der Waals surface area contributed by atoms with Gasteiger partial charge in [-0.05, 0) is 26.4 Å². The maximum atomic E-state index is 11.6. The van der Waals surface area contributed by atoms with Crippen molar-refractivity contribution in [3.63, 3.8) is 0 Å². The highest BCUT2D eigenvalue weighted by atomic mass is 16.4. The van der Waals surface area contributed by atoms with Crippen LogP contribution in [0.15, 0.2) is 0 Å². The molecule has 0 aromatic heterocycles. The average molecular weight is 243 g/mol. The molecule has 1 saturated heterocycles. The van der Waals surface area contributed by atoms with Crippen molar-refractivity contribution in [1.29, 1.82) is 0 Å². The molecule has 0 spiro atoms. The van der Waals surface area contributed by atoms with Gasteiger partial charge in [0.25, 0.3) is 0 Å². The number of hydrogen-bond acceptors (Lipinski definition) is 4. The van der Waals surface area contributed by atoms with E-state index in [2.05, 4.69) is 15.5 Å². The molecule has 6 nitrogen and oxygen atoms in total.